The predicted molar refractivity (Wildman–Crippen MR) is 134 cm³/mol. The minimum Gasteiger partial charge on any atom is -0.404 e. The second-order valence-electron chi connectivity index (χ2n) is 9.02. The van der Waals surface area contributed by atoms with E-state index in [1.54, 1.807) is 6.20 Å². The van der Waals surface area contributed by atoms with Crippen molar-refractivity contribution in [1.82, 2.24) is 4.31 Å². The quantitative estimate of drug-likeness (QED) is 0.441. The van der Waals surface area contributed by atoms with E-state index in [2.05, 4.69) is 74.2 Å². The minimum absolute atomic E-state index is 0.0767. The molecule has 3 nitrogen and oxygen atoms in total. The SMILES string of the molecule is C=CC12CC(=CN)C(=NC3=CC=C(C)CC3)C=C1CCN(Sc1ccc(C)c(C)c1)C2. The number of aliphatic imine (C=N–C) groups is 1. The third-order valence-corrected chi connectivity index (χ3v) is 7.81. The molecule has 162 valence electrons. The van der Waals surface area contributed by atoms with Gasteiger partial charge in [-0.05, 0) is 106 Å². The Bertz CT molecular complexity index is 1040. The first-order valence-corrected chi connectivity index (χ1v) is 11.9. The van der Waals surface area contributed by atoms with Crippen LogP contribution in [-0.2, 0) is 0 Å². The number of benzene rings is 1. The summed E-state index contributed by atoms with van der Waals surface area (Å²) in [6.45, 7) is 12.7. The standard InChI is InChI=1S/C27H33N3S/c1-5-27-16-22(17-28)26(29-24-9-6-19(2)7-10-24)15-23(27)12-13-30(18-27)31-25-11-8-20(3)21(4)14-25/h5-6,8-9,11,14-15,17H,1,7,10,12-13,16,18,28H2,2-4H3. The molecule has 1 atom stereocenters. The van der Waals surface area contributed by atoms with Gasteiger partial charge in [-0.1, -0.05) is 29.4 Å². The summed E-state index contributed by atoms with van der Waals surface area (Å²) in [5, 5.41) is 0. The van der Waals surface area contributed by atoms with E-state index >= 15 is 0 Å². The summed E-state index contributed by atoms with van der Waals surface area (Å²) in [6, 6.07) is 6.73. The normalized spacial score (nSPS) is 26.9. The second-order valence-corrected chi connectivity index (χ2v) is 10.2. The Morgan fingerprint density at radius 2 is 1.97 bits per heavy atom. The number of piperidine rings is 1. The van der Waals surface area contributed by atoms with Crippen LogP contribution in [0.4, 0.5) is 0 Å². The van der Waals surface area contributed by atoms with Crippen molar-refractivity contribution in [3.8, 4) is 0 Å². The van der Waals surface area contributed by atoms with Crippen molar-refractivity contribution < 1.29 is 0 Å². The first-order valence-electron chi connectivity index (χ1n) is 11.1. The summed E-state index contributed by atoms with van der Waals surface area (Å²) < 4.78 is 2.48. The van der Waals surface area contributed by atoms with Crippen molar-refractivity contribution in [1.29, 1.82) is 0 Å². The Morgan fingerprint density at radius 3 is 2.65 bits per heavy atom. The van der Waals surface area contributed by atoms with E-state index in [-0.39, 0.29) is 5.41 Å². The van der Waals surface area contributed by atoms with Crippen LogP contribution in [0.5, 0.6) is 0 Å². The van der Waals surface area contributed by atoms with Gasteiger partial charge in [-0.3, -0.25) is 4.99 Å². The van der Waals surface area contributed by atoms with Crippen molar-refractivity contribution in [3.63, 3.8) is 0 Å². The molecule has 3 aliphatic rings. The molecular formula is C27H33N3S. The smallest absolute Gasteiger partial charge is 0.0679 e. The fraction of sp³-hybridized carbons (Fsp3) is 0.370. The van der Waals surface area contributed by atoms with E-state index in [9.17, 15) is 0 Å². The fourth-order valence-corrected chi connectivity index (χ4v) is 5.69. The molecule has 4 heteroatoms. The lowest BCUT2D eigenvalue weighted by Gasteiger charge is -2.45. The minimum atomic E-state index is -0.0767. The molecule has 1 aromatic carbocycles. The average molecular weight is 432 g/mol. The van der Waals surface area contributed by atoms with Gasteiger partial charge in [-0.15, -0.1) is 6.58 Å². The van der Waals surface area contributed by atoms with Gasteiger partial charge < -0.3 is 5.73 Å². The number of rotatable bonds is 4. The topological polar surface area (TPSA) is 41.6 Å². The first-order chi connectivity index (χ1) is 14.9. The van der Waals surface area contributed by atoms with Gasteiger partial charge in [0.05, 0.1) is 5.71 Å². The third kappa shape index (κ3) is 4.65. The van der Waals surface area contributed by atoms with Crippen molar-refractivity contribution in [2.45, 2.75) is 51.3 Å². The molecule has 2 N–H and O–H groups in total. The number of hydrogen-bond donors (Lipinski definition) is 1. The third-order valence-electron chi connectivity index (χ3n) is 6.78. The summed E-state index contributed by atoms with van der Waals surface area (Å²) in [5.41, 5.74) is 14.8. The van der Waals surface area contributed by atoms with Crippen molar-refractivity contribution in [2.75, 3.05) is 13.1 Å². The molecule has 31 heavy (non-hydrogen) atoms. The van der Waals surface area contributed by atoms with Crippen LogP contribution in [0.25, 0.3) is 0 Å². The Balaban J connectivity index is 1.59. The Kier molecular flexibility index (Phi) is 6.40. The Morgan fingerprint density at radius 1 is 1.13 bits per heavy atom. The van der Waals surface area contributed by atoms with Gasteiger partial charge in [0.2, 0.25) is 0 Å². The van der Waals surface area contributed by atoms with Crippen LogP contribution in [0.1, 0.15) is 43.7 Å². The molecular weight excluding hydrogens is 398 g/mol. The van der Waals surface area contributed by atoms with E-state index in [0.29, 0.717) is 0 Å². The van der Waals surface area contributed by atoms with E-state index < -0.39 is 0 Å². The number of nitrogens with two attached hydrogens (primary N) is 1. The summed E-state index contributed by atoms with van der Waals surface area (Å²) in [6.07, 6.45) is 14.5. The second kappa shape index (κ2) is 9.05. The molecule has 1 unspecified atom stereocenters. The van der Waals surface area contributed by atoms with E-state index in [4.69, 9.17) is 10.7 Å². The highest BCUT2D eigenvalue weighted by Gasteiger charge is 2.41. The average Bonchev–Trinajstić information content (AvgIpc) is 2.77. The Labute approximate surface area is 191 Å². The summed E-state index contributed by atoms with van der Waals surface area (Å²) in [5.74, 6) is 0. The molecule has 0 saturated carbocycles. The number of nitrogens with zero attached hydrogens (tertiary/aromatic N) is 2. The van der Waals surface area contributed by atoms with Crippen molar-refractivity contribution >= 4 is 17.7 Å². The maximum absolute atomic E-state index is 6.09. The lowest BCUT2D eigenvalue weighted by Crippen LogP contribution is -2.43. The molecule has 0 radical (unpaired) electrons. The van der Waals surface area contributed by atoms with Crippen LogP contribution in [0, 0.1) is 19.3 Å². The highest BCUT2D eigenvalue weighted by atomic mass is 32.2. The molecule has 1 fully saturated rings. The largest absolute Gasteiger partial charge is 0.404 e. The van der Waals surface area contributed by atoms with Crippen LogP contribution >= 0.6 is 11.9 Å². The van der Waals surface area contributed by atoms with E-state index in [1.165, 1.54) is 27.2 Å². The molecule has 4 rings (SSSR count). The molecule has 1 aromatic rings. The highest BCUT2D eigenvalue weighted by Crippen LogP contribution is 2.47. The zero-order valence-electron chi connectivity index (χ0n) is 18.9. The molecule has 0 aromatic heterocycles. The molecule has 1 aliphatic heterocycles. The highest BCUT2D eigenvalue weighted by molar-refractivity contribution is 7.97. The summed E-state index contributed by atoms with van der Waals surface area (Å²) in [4.78, 5) is 6.30. The van der Waals surface area contributed by atoms with E-state index in [0.717, 1.165) is 55.8 Å². The maximum atomic E-state index is 6.09. The first kappa shape index (κ1) is 21.9. The molecule has 0 bridgehead atoms. The number of hydrogen-bond acceptors (Lipinski definition) is 4. The molecule has 1 heterocycles. The van der Waals surface area contributed by atoms with Gasteiger partial charge >= 0.3 is 0 Å². The van der Waals surface area contributed by atoms with Gasteiger partial charge in [0.15, 0.2) is 0 Å². The van der Waals surface area contributed by atoms with Crippen LogP contribution < -0.4 is 5.73 Å². The lowest BCUT2D eigenvalue weighted by molar-refractivity contribution is 0.278. The van der Waals surface area contributed by atoms with Gasteiger partial charge in [-0.25, -0.2) is 4.31 Å². The van der Waals surface area contributed by atoms with Crippen LogP contribution in [0.15, 0.2) is 87.6 Å². The zero-order valence-corrected chi connectivity index (χ0v) is 19.8. The van der Waals surface area contributed by atoms with Gasteiger partial charge in [0, 0.05) is 29.1 Å². The van der Waals surface area contributed by atoms with Gasteiger partial charge in [0.1, 0.15) is 0 Å². The lowest BCUT2D eigenvalue weighted by atomic mass is 9.67. The fourth-order valence-electron chi connectivity index (χ4n) is 4.55. The van der Waals surface area contributed by atoms with Gasteiger partial charge in [0.25, 0.3) is 0 Å². The van der Waals surface area contributed by atoms with Crippen LogP contribution in [-0.4, -0.2) is 23.1 Å². The molecule has 1 saturated heterocycles. The molecule has 0 spiro atoms. The maximum Gasteiger partial charge on any atom is 0.0679 e. The van der Waals surface area contributed by atoms with Crippen LogP contribution in [0.2, 0.25) is 0 Å². The van der Waals surface area contributed by atoms with Crippen molar-refractivity contribution in [2.24, 2.45) is 16.1 Å². The Hall–Kier alpha value is -2.30. The summed E-state index contributed by atoms with van der Waals surface area (Å²) >= 11 is 1.86. The zero-order chi connectivity index (χ0) is 22.0. The monoisotopic (exact) mass is 431 g/mol. The number of aryl methyl sites for hydroxylation is 2. The predicted octanol–water partition coefficient (Wildman–Crippen LogP) is 6.43. The van der Waals surface area contributed by atoms with Gasteiger partial charge in [-0.2, -0.15) is 0 Å². The van der Waals surface area contributed by atoms with Crippen molar-refractivity contribution in [3.05, 3.63) is 88.8 Å². The number of fused-ring (bicyclic) bond motifs is 1. The summed E-state index contributed by atoms with van der Waals surface area (Å²) in [7, 11) is 0. The van der Waals surface area contributed by atoms with E-state index in [1.807, 2.05) is 11.9 Å². The molecule has 0 amide bonds. The van der Waals surface area contributed by atoms with Crippen LogP contribution in [0.3, 0.4) is 0 Å². The molecule has 2 aliphatic carbocycles. The number of allylic oxidation sites excluding steroid dienone is 6.